The Balaban J connectivity index is 2.19. The Bertz CT molecular complexity index is 644. The van der Waals surface area contributed by atoms with Gasteiger partial charge in [-0.1, -0.05) is 12.1 Å². The summed E-state index contributed by atoms with van der Waals surface area (Å²) in [6, 6.07) is 8.60. The molecule has 0 spiro atoms. The maximum absolute atomic E-state index is 11.1. The van der Waals surface area contributed by atoms with Crippen LogP contribution in [-0.4, -0.2) is 16.5 Å². The summed E-state index contributed by atoms with van der Waals surface area (Å²) in [5.41, 5.74) is 1.65. The Labute approximate surface area is 122 Å². The molecule has 2 rings (SSSR count). The molecule has 1 aromatic heterocycles. The van der Waals surface area contributed by atoms with E-state index in [1.165, 1.54) is 6.07 Å². The van der Waals surface area contributed by atoms with Gasteiger partial charge in [-0.25, -0.2) is 4.98 Å². The summed E-state index contributed by atoms with van der Waals surface area (Å²) in [5.74, 6) is 0.992. The number of hydrogen-bond donors (Lipinski definition) is 1. The molecule has 0 bridgehead atoms. The average molecular weight is 287 g/mol. The summed E-state index contributed by atoms with van der Waals surface area (Å²) in [6.45, 7) is 4.75. The van der Waals surface area contributed by atoms with Gasteiger partial charge in [0.05, 0.1) is 4.92 Å². The van der Waals surface area contributed by atoms with Gasteiger partial charge in [-0.2, -0.15) is 0 Å². The van der Waals surface area contributed by atoms with Crippen LogP contribution < -0.4 is 10.1 Å². The Hall–Kier alpha value is -2.63. The molecule has 0 aliphatic heterocycles. The molecule has 6 nitrogen and oxygen atoms in total. The third-order valence-corrected chi connectivity index (χ3v) is 2.93. The van der Waals surface area contributed by atoms with Crippen LogP contribution in [0.15, 0.2) is 36.5 Å². The van der Waals surface area contributed by atoms with E-state index in [0.717, 1.165) is 23.5 Å². The van der Waals surface area contributed by atoms with Gasteiger partial charge in [0.2, 0.25) is 0 Å². The second-order valence-electron chi connectivity index (χ2n) is 4.56. The number of rotatable bonds is 6. The molecule has 0 aliphatic rings. The molecule has 21 heavy (non-hydrogen) atoms. The summed E-state index contributed by atoms with van der Waals surface area (Å²) >= 11 is 0. The van der Waals surface area contributed by atoms with Crippen molar-refractivity contribution in [3.8, 4) is 5.75 Å². The van der Waals surface area contributed by atoms with Gasteiger partial charge in [0.15, 0.2) is 5.75 Å². The lowest BCUT2D eigenvalue weighted by molar-refractivity contribution is -0.386. The normalized spacial score (nSPS) is 10.2. The zero-order valence-electron chi connectivity index (χ0n) is 12.0. The van der Waals surface area contributed by atoms with Crippen LogP contribution in [0, 0.1) is 17.0 Å². The van der Waals surface area contributed by atoms with Crippen molar-refractivity contribution >= 4 is 11.5 Å². The standard InChI is InChI=1S/C15H17N3O3/c1-3-16-15-12(5-4-8-17-15)10-21-14-7-6-11(2)9-13(14)18(19)20/h4-9H,3,10H2,1-2H3,(H,16,17). The van der Waals surface area contributed by atoms with Crippen LogP contribution in [0.25, 0.3) is 0 Å². The highest BCUT2D eigenvalue weighted by molar-refractivity contribution is 5.49. The third-order valence-electron chi connectivity index (χ3n) is 2.93. The van der Waals surface area contributed by atoms with E-state index in [9.17, 15) is 10.1 Å². The van der Waals surface area contributed by atoms with Gasteiger partial charge >= 0.3 is 5.69 Å². The molecule has 0 saturated heterocycles. The van der Waals surface area contributed by atoms with Crippen molar-refractivity contribution in [3.63, 3.8) is 0 Å². The van der Waals surface area contributed by atoms with Gasteiger partial charge in [0.25, 0.3) is 0 Å². The first-order valence-electron chi connectivity index (χ1n) is 6.67. The van der Waals surface area contributed by atoms with Crippen LogP contribution >= 0.6 is 0 Å². The molecule has 0 aliphatic carbocycles. The number of ether oxygens (including phenoxy) is 1. The van der Waals surface area contributed by atoms with Gasteiger partial charge in [-0.05, 0) is 31.5 Å². The lowest BCUT2D eigenvalue weighted by Gasteiger charge is -2.11. The van der Waals surface area contributed by atoms with E-state index in [-0.39, 0.29) is 18.0 Å². The van der Waals surface area contributed by atoms with E-state index in [1.54, 1.807) is 25.3 Å². The average Bonchev–Trinajstić information content (AvgIpc) is 2.47. The number of benzene rings is 1. The smallest absolute Gasteiger partial charge is 0.311 e. The predicted octanol–water partition coefficient (Wildman–Crippen LogP) is 3.31. The number of nitrogens with zero attached hydrogens (tertiary/aromatic N) is 2. The molecule has 2 aromatic rings. The van der Waals surface area contributed by atoms with E-state index in [2.05, 4.69) is 10.3 Å². The van der Waals surface area contributed by atoms with Crippen LogP contribution in [0.5, 0.6) is 5.75 Å². The summed E-state index contributed by atoms with van der Waals surface area (Å²) in [5, 5.41) is 14.2. The quantitative estimate of drug-likeness (QED) is 0.651. The first kappa shape index (κ1) is 14.8. The molecule has 0 saturated carbocycles. The monoisotopic (exact) mass is 287 g/mol. The van der Waals surface area contributed by atoms with E-state index in [4.69, 9.17) is 4.74 Å². The molecule has 0 atom stereocenters. The van der Waals surface area contributed by atoms with Crippen LogP contribution in [0.1, 0.15) is 18.1 Å². The zero-order valence-corrected chi connectivity index (χ0v) is 12.0. The fraction of sp³-hybridized carbons (Fsp3) is 0.267. The van der Waals surface area contributed by atoms with Crippen LogP contribution in [0.3, 0.4) is 0 Å². The Morgan fingerprint density at radius 1 is 1.38 bits per heavy atom. The lowest BCUT2D eigenvalue weighted by atomic mass is 10.2. The van der Waals surface area contributed by atoms with Gasteiger partial charge < -0.3 is 10.1 Å². The molecular weight excluding hydrogens is 270 g/mol. The van der Waals surface area contributed by atoms with Crippen molar-refractivity contribution in [3.05, 3.63) is 57.8 Å². The van der Waals surface area contributed by atoms with Gasteiger partial charge in [-0.3, -0.25) is 10.1 Å². The van der Waals surface area contributed by atoms with Gasteiger partial charge in [0, 0.05) is 24.4 Å². The summed E-state index contributed by atoms with van der Waals surface area (Å²) in [6.07, 6.45) is 1.69. The number of nitrogens with one attached hydrogen (secondary N) is 1. The highest BCUT2D eigenvalue weighted by Crippen LogP contribution is 2.28. The molecule has 6 heteroatoms. The van der Waals surface area contributed by atoms with Crippen molar-refractivity contribution < 1.29 is 9.66 Å². The fourth-order valence-electron chi connectivity index (χ4n) is 1.93. The summed E-state index contributed by atoms with van der Waals surface area (Å²) < 4.78 is 5.60. The highest BCUT2D eigenvalue weighted by atomic mass is 16.6. The second-order valence-corrected chi connectivity index (χ2v) is 4.56. The minimum atomic E-state index is -0.434. The van der Waals surface area contributed by atoms with Crippen LogP contribution in [0.2, 0.25) is 0 Å². The Morgan fingerprint density at radius 2 is 2.19 bits per heavy atom. The molecular formula is C15H17N3O3. The van der Waals surface area contributed by atoms with E-state index >= 15 is 0 Å². The highest BCUT2D eigenvalue weighted by Gasteiger charge is 2.15. The SMILES string of the molecule is CCNc1ncccc1COc1ccc(C)cc1[N+](=O)[O-]. The molecule has 0 unspecified atom stereocenters. The number of aryl methyl sites for hydroxylation is 1. The topological polar surface area (TPSA) is 77.3 Å². The maximum Gasteiger partial charge on any atom is 0.311 e. The first-order chi connectivity index (χ1) is 10.1. The largest absolute Gasteiger partial charge is 0.482 e. The summed E-state index contributed by atoms with van der Waals surface area (Å²) in [7, 11) is 0. The molecule has 1 aromatic carbocycles. The molecule has 1 heterocycles. The van der Waals surface area contributed by atoms with Crippen LogP contribution in [-0.2, 0) is 6.61 Å². The number of aromatic nitrogens is 1. The first-order valence-corrected chi connectivity index (χ1v) is 6.67. The fourth-order valence-corrected chi connectivity index (χ4v) is 1.93. The summed E-state index contributed by atoms with van der Waals surface area (Å²) in [4.78, 5) is 14.8. The van der Waals surface area contributed by atoms with Crippen molar-refractivity contribution in [1.82, 2.24) is 4.98 Å². The third kappa shape index (κ3) is 3.68. The molecule has 0 amide bonds. The molecule has 1 N–H and O–H groups in total. The van der Waals surface area contributed by atoms with Crippen molar-refractivity contribution in [1.29, 1.82) is 0 Å². The van der Waals surface area contributed by atoms with Gasteiger partial charge in [0.1, 0.15) is 12.4 Å². The Morgan fingerprint density at radius 3 is 2.90 bits per heavy atom. The molecule has 110 valence electrons. The lowest BCUT2D eigenvalue weighted by Crippen LogP contribution is -2.06. The van der Waals surface area contributed by atoms with E-state index in [0.29, 0.717) is 0 Å². The van der Waals surface area contributed by atoms with E-state index in [1.807, 2.05) is 19.1 Å². The number of anilines is 1. The van der Waals surface area contributed by atoms with Gasteiger partial charge in [-0.15, -0.1) is 0 Å². The number of hydrogen-bond acceptors (Lipinski definition) is 5. The minimum absolute atomic E-state index is 0.0242. The van der Waals surface area contributed by atoms with E-state index < -0.39 is 4.92 Å². The molecule has 0 radical (unpaired) electrons. The predicted molar refractivity (Wildman–Crippen MR) is 80.6 cm³/mol. The van der Waals surface area contributed by atoms with Crippen molar-refractivity contribution in [2.75, 3.05) is 11.9 Å². The minimum Gasteiger partial charge on any atom is -0.482 e. The van der Waals surface area contributed by atoms with Crippen molar-refractivity contribution in [2.24, 2.45) is 0 Å². The number of nitro groups is 1. The maximum atomic E-state index is 11.1. The number of nitro benzene ring substituents is 1. The van der Waals surface area contributed by atoms with Crippen LogP contribution in [0.4, 0.5) is 11.5 Å². The second kappa shape index (κ2) is 6.69. The molecule has 0 fully saturated rings. The zero-order chi connectivity index (χ0) is 15.2. The Kier molecular flexibility index (Phi) is 4.71. The number of pyridine rings is 1. The van der Waals surface area contributed by atoms with Crippen molar-refractivity contribution in [2.45, 2.75) is 20.5 Å².